The molecule has 0 aromatic carbocycles. The normalized spacial score (nSPS) is 29.2. The quantitative estimate of drug-likeness (QED) is 0.779. The van der Waals surface area contributed by atoms with E-state index in [1.54, 1.807) is 0 Å². The van der Waals surface area contributed by atoms with Gasteiger partial charge in [0.2, 0.25) is 0 Å². The van der Waals surface area contributed by atoms with Crippen LogP contribution in [0.5, 0.6) is 0 Å². The fraction of sp³-hybridized carbons (Fsp3) is 1.00. The van der Waals surface area contributed by atoms with Gasteiger partial charge in [-0.1, -0.05) is 39.5 Å². The third-order valence-electron chi connectivity index (χ3n) is 3.41. The maximum Gasteiger partial charge on any atom is 0.0695 e. The smallest absolute Gasteiger partial charge is 0.0695 e. The van der Waals surface area contributed by atoms with Gasteiger partial charge in [0, 0.05) is 12.6 Å². The van der Waals surface area contributed by atoms with Crippen LogP contribution in [-0.4, -0.2) is 35.7 Å². The Bertz CT molecular complexity index is 170. The number of rotatable bonds is 3. The predicted octanol–water partition coefficient (Wildman–Crippen LogP) is 2.66. The highest BCUT2D eigenvalue weighted by atomic mass is 16.3. The summed E-state index contributed by atoms with van der Waals surface area (Å²) >= 11 is 0. The van der Waals surface area contributed by atoms with E-state index in [0.29, 0.717) is 12.0 Å². The van der Waals surface area contributed by atoms with Crippen LogP contribution in [0.3, 0.4) is 0 Å². The van der Waals surface area contributed by atoms with E-state index in [1.807, 2.05) is 0 Å². The predicted molar refractivity (Wildman–Crippen MR) is 65.0 cm³/mol. The average molecular weight is 213 g/mol. The van der Waals surface area contributed by atoms with Gasteiger partial charge in [-0.15, -0.1) is 0 Å². The third kappa shape index (κ3) is 4.52. The molecule has 90 valence electrons. The Balaban J connectivity index is 2.46. The van der Waals surface area contributed by atoms with Gasteiger partial charge in [-0.05, 0) is 25.8 Å². The first-order valence-corrected chi connectivity index (χ1v) is 6.49. The van der Waals surface area contributed by atoms with Gasteiger partial charge in [-0.2, -0.15) is 0 Å². The van der Waals surface area contributed by atoms with Crippen molar-refractivity contribution in [1.82, 2.24) is 4.90 Å². The molecule has 2 atom stereocenters. The first kappa shape index (κ1) is 13.0. The largest absolute Gasteiger partial charge is 0.391 e. The number of aliphatic hydroxyl groups is 1. The zero-order valence-corrected chi connectivity index (χ0v) is 10.6. The fourth-order valence-corrected chi connectivity index (χ4v) is 2.67. The van der Waals surface area contributed by atoms with Crippen molar-refractivity contribution in [3.8, 4) is 0 Å². The number of hydrogen-bond acceptors (Lipinski definition) is 2. The molecule has 15 heavy (non-hydrogen) atoms. The van der Waals surface area contributed by atoms with Crippen LogP contribution in [0.25, 0.3) is 0 Å². The summed E-state index contributed by atoms with van der Waals surface area (Å²) in [6, 6.07) is 0.396. The average Bonchev–Trinajstić information content (AvgIpc) is 2.10. The molecule has 0 bridgehead atoms. The molecule has 0 radical (unpaired) electrons. The van der Waals surface area contributed by atoms with Crippen molar-refractivity contribution in [3.63, 3.8) is 0 Å². The van der Waals surface area contributed by atoms with Crippen molar-refractivity contribution in [2.45, 2.75) is 64.5 Å². The van der Waals surface area contributed by atoms with E-state index in [-0.39, 0.29) is 6.10 Å². The Morgan fingerprint density at radius 3 is 2.33 bits per heavy atom. The summed E-state index contributed by atoms with van der Waals surface area (Å²) in [6.45, 7) is 5.58. The van der Waals surface area contributed by atoms with Crippen molar-refractivity contribution in [1.29, 1.82) is 0 Å². The van der Waals surface area contributed by atoms with Crippen LogP contribution in [0.1, 0.15) is 52.4 Å². The lowest BCUT2D eigenvalue weighted by Crippen LogP contribution is -2.43. The SMILES string of the molecule is CC(C)CN(C)C1CCCCCCC1O. The van der Waals surface area contributed by atoms with Gasteiger partial charge in [0.1, 0.15) is 0 Å². The molecule has 1 N–H and O–H groups in total. The van der Waals surface area contributed by atoms with E-state index in [0.717, 1.165) is 13.0 Å². The zero-order chi connectivity index (χ0) is 11.3. The summed E-state index contributed by atoms with van der Waals surface area (Å²) in [5.41, 5.74) is 0. The maximum absolute atomic E-state index is 10.1. The first-order chi connectivity index (χ1) is 7.11. The van der Waals surface area contributed by atoms with Crippen LogP contribution >= 0.6 is 0 Å². The summed E-state index contributed by atoms with van der Waals surface area (Å²) in [5.74, 6) is 0.688. The Hall–Kier alpha value is -0.0800. The summed E-state index contributed by atoms with van der Waals surface area (Å²) in [7, 11) is 2.16. The van der Waals surface area contributed by atoms with Crippen LogP contribution in [0.2, 0.25) is 0 Å². The fourth-order valence-electron chi connectivity index (χ4n) is 2.67. The molecule has 1 rings (SSSR count). The van der Waals surface area contributed by atoms with E-state index in [2.05, 4.69) is 25.8 Å². The van der Waals surface area contributed by atoms with Crippen molar-refractivity contribution in [3.05, 3.63) is 0 Å². The molecule has 1 fully saturated rings. The lowest BCUT2D eigenvalue weighted by Gasteiger charge is -2.34. The molecule has 1 saturated carbocycles. The second-order valence-corrected chi connectivity index (χ2v) is 5.46. The third-order valence-corrected chi connectivity index (χ3v) is 3.41. The van der Waals surface area contributed by atoms with Crippen LogP contribution < -0.4 is 0 Å². The van der Waals surface area contributed by atoms with Crippen LogP contribution in [0, 0.1) is 5.92 Å². The lowest BCUT2D eigenvalue weighted by atomic mass is 9.93. The molecule has 2 unspecified atom stereocenters. The molecule has 0 amide bonds. The van der Waals surface area contributed by atoms with Crippen molar-refractivity contribution >= 4 is 0 Å². The molecule has 1 aliphatic rings. The first-order valence-electron chi connectivity index (χ1n) is 6.49. The summed E-state index contributed by atoms with van der Waals surface area (Å²) in [6.07, 6.45) is 7.19. The maximum atomic E-state index is 10.1. The molecule has 2 nitrogen and oxygen atoms in total. The molecule has 0 aromatic rings. The highest BCUT2D eigenvalue weighted by molar-refractivity contribution is 4.79. The number of hydrogen-bond donors (Lipinski definition) is 1. The molecule has 1 aliphatic carbocycles. The Morgan fingerprint density at radius 2 is 1.73 bits per heavy atom. The Morgan fingerprint density at radius 1 is 1.13 bits per heavy atom. The van der Waals surface area contributed by atoms with Gasteiger partial charge in [0.25, 0.3) is 0 Å². The van der Waals surface area contributed by atoms with E-state index >= 15 is 0 Å². The molecule has 2 heteroatoms. The number of aliphatic hydroxyl groups excluding tert-OH is 1. The second-order valence-electron chi connectivity index (χ2n) is 5.46. The molecule has 0 spiro atoms. The monoisotopic (exact) mass is 213 g/mol. The molecule has 0 aliphatic heterocycles. The van der Waals surface area contributed by atoms with Crippen molar-refractivity contribution in [2.75, 3.05) is 13.6 Å². The van der Waals surface area contributed by atoms with Crippen molar-refractivity contribution < 1.29 is 5.11 Å². The van der Waals surface area contributed by atoms with Gasteiger partial charge >= 0.3 is 0 Å². The highest BCUT2D eigenvalue weighted by Gasteiger charge is 2.24. The van der Waals surface area contributed by atoms with E-state index < -0.39 is 0 Å². The van der Waals surface area contributed by atoms with Gasteiger partial charge in [-0.3, -0.25) is 0 Å². The standard InChI is InChI=1S/C13H27NO/c1-11(2)10-14(3)12-8-6-4-5-7-9-13(12)15/h11-13,15H,4-10H2,1-3H3. The minimum absolute atomic E-state index is 0.103. The number of nitrogens with zero attached hydrogens (tertiary/aromatic N) is 1. The highest BCUT2D eigenvalue weighted by Crippen LogP contribution is 2.21. The van der Waals surface area contributed by atoms with Gasteiger partial charge in [0.05, 0.1) is 6.10 Å². The zero-order valence-electron chi connectivity index (χ0n) is 10.6. The Labute approximate surface area is 94.7 Å². The Kier molecular flexibility index (Phi) is 5.62. The van der Waals surface area contributed by atoms with Crippen LogP contribution in [0.15, 0.2) is 0 Å². The molecular formula is C13H27NO. The minimum atomic E-state index is -0.103. The summed E-state index contributed by atoms with van der Waals surface area (Å²) in [4.78, 5) is 2.36. The number of likely N-dealkylation sites (N-methyl/N-ethyl adjacent to an activating group) is 1. The molecule has 0 heterocycles. The summed E-state index contributed by atoms with van der Waals surface area (Å²) < 4.78 is 0. The van der Waals surface area contributed by atoms with Gasteiger partial charge < -0.3 is 10.0 Å². The second kappa shape index (κ2) is 6.49. The lowest BCUT2D eigenvalue weighted by molar-refractivity contribution is 0.0393. The van der Waals surface area contributed by atoms with E-state index in [1.165, 1.54) is 32.1 Å². The minimum Gasteiger partial charge on any atom is -0.391 e. The summed E-state index contributed by atoms with van der Waals surface area (Å²) in [5, 5.41) is 10.1. The van der Waals surface area contributed by atoms with Gasteiger partial charge in [0.15, 0.2) is 0 Å². The van der Waals surface area contributed by atoms with Crippen molar-refractivity contribution in [2.24, 2.45) is 5.92 Å². The van der Waals surface area contributed by atoms with E-state index in [4.69, 9.17) is 0 Å². The molecular weight excluding hydrogens is 186 g/mol. The molecule has 0 saturated heterocycles. The van der Waals surface area contributed by atoms with Gasteiger partial charge in [-0.25, -0.2) is 0 Å². The van der Waals surface area contributed by atoms with Crippen LogP contribution in [-0.2, 0) is 0 Å². The topological polar surface area (TPSA) is 23.5 Å². The molecule has 0 aromatic heterocycles. The van der Waals surface area contributed by atoms with E-state index in [9.17, 15) is 5.11 Å². The van der Waals surface area contributed by atoms with Crippen LogP contribution in [0.4, 0.5) is 0 Å².